The standard InChI is InChI=1S/C20H32N6O2S/c21-19(22)25-20(23)24-17-13-7-8-14-18(17)29(27,28)26(15-9-3-1-4-10-15)16-11-5-2-6-12-16/h7-8,13-16H,1-6,9-12H2,(H6,21,22,23,24,25). The Balaban J connectivity index is 2.03. The van der Waals surface area contributed by atoms with Gasteiger partial charge in [-0.1, -0.05) is 50.7 Å². The molecule has 2 saturated carbocycles. The van der Waals surface area contributed by atoms with E-state index in [1.165, 1.54) is 12.8 Å². The fourth-order valence-electron chi connectivity index (χ4n) is 4.52. The van der Waals surface area contributed by atoms with E-state index in [1.807, 2.05) is 0 Å². The maximum Gasteiger partial charge on any atom is 0.245 e. The van der Waals surface area contributed by atoms with E-state index in [4.69, 9.17) is 17.2 Å². The van der Waals surface area contributed by atoms with Gasteiger partial charge in [-0.15, -0.1) is 0 Å². The van der Waals surface area contributed by atoms with E-state index in [2.05, 4.69) is 9.98 Å². The smallest absolute Gasteiger partial charge is 0.245 e. The number of rotatable bonds is 5. The van der Waals surface area contributed by atoms with Crippen LogP contribution in [0.2, 0.25) is 0 Å². The van der Waals surface area contributed by atoms with E-state index in [0.717, 1.165) is 51.4 Å². The molecule has 0 unspecified atom stereocenters. The van der Waals surface area contributed by atoms with Crippen LogP contribution >= 0.6 is 0 Å². The average molecular weight is 421 g/mol. The van der Waals surface area contributed by atoms with Crippen LogP contribution in [0.25, 0.3) is 0 Å². The molecule has 0 bridgehead atoms. The van der Waals surface area contributed by atoms with Crippen molar-refractivity contribution in [2.24, 2.45) is 27.2 Å². The Morgan fingerprint density at radius 2 is 1.38 bits per heavy atom. The van der Waals surface area contributed by atoms with Gasteiger partial charge < -0.3 is 17.2 Å². The molecule has 1 aromatic carbocycles. The summed E-state index contributed by atoms with van der Waals surface area (Å²) >= 11 is 0. The molecule has 0 aliphatic heterocycles. The molecule has 2 aliphatic carbocycles. The summed E-state index contributed by atoms with van der Waals surface area (Å²) in [5.74, 6) is -0.396. The number of hydrogen-bond acceptors (Lipinski definition) is 3. The Morgan fingerprint density at radius 3 is 1.90 bits per heavy atom. The van der Waals surface area contributed by atoms with Crippen molar-refractivity contribution in [3.8, 4) is 0 Å². The van der Waals surface area contributed by atoms with E-state index in [0.29, 0.717) is 0 Å². The predicted molar refractivity (Wildman–Crippen MR) is 116 cm³/mol. The van der Waals surface area contributed by atoms with Crippen LogP contribution in [0.1, 0.15) is 64.2 Å². The molecular weight excluding hydrogens is 388 g/mol. The molecule has 3 rings (SSSR count). The fraction of sp³-hybridized carbons (Fsp3) is 0.600. The van der Waals surface area contributed by atoms with Crippen LogP contribution in [-0.4, -0.2) is 36.7 Å². The maximum atomic E-state index is 13.9. The highest BCUT2D eigenvalue weighted by Crippen LogP contribution is 2.37. The Hall–Kier alpha value is -2.13. The monoisotopic (exact) mass is 420 g/mol. The third kappa shape index (κ3) is 5.27. The minimum absolute atomic E-state index is 0.0453. The first-order valence-electron chi connectivity index (χ1n) is 10.5. The quantitative estimate of drug-likeness (QED) is 0.496. The second-order valence-electron chi connectivity index (χ2n) is 7.89. The van der Waals surface area contributed by atoms with Crippen molar-refractivity contribution in [3.05, 3.63) is 24.3 Å². The molecule has 0 heterocycles. The summed E-state index contributed by atoms with van der Waals surface area (Å²) in [5.41, 5.74) is 16.7. The van der Waals surface area contributed by atoms with Crippen LogP contribution < -0.4 is 17.2 Å². The second-order valence-corrected chi connectivity index (χ2v) is 9.70. The highest BCUT2D eigenvalue weighted by Gasteiger charge is 2.39. The van der Waals surface area contributed by atoms with Crippen molar-refractivity contribution in [2.45, 2.75) is 81.2 Å². The minimum atomic E-state index is -3.75. The molecule has 6 N–H and O–H groups in total. The van der Waals surface area contributed by atoms with Crippen molar-refractivity contribution in [3.63, 3.8) is 0 Å². The lowest BCUT2D eigenvalue weighted by atomic mass is 9.91. The van der Waals surface area contributed by atoms with Gasteiger partial charge in [-0.25, -0.2) is 13.4 Å². The Morgan fingerprint density at radius 1 is 0.862 bits per heavy atom. The summed E-state index contributed by atoms with van der Waals surface area (Å²) < 4.78 is 29.6. The summed E-state index contributed by atoms with van der Waals surface area (Å²) in [5, 5.41) is 0. The van der Waals surface area contributed by atoms with Gasteiger partial charge in [0, 0.05) is 12.1 Å². The molecule has 0 spiro atoms. The molecule has 0 aromatic heterocycles. The first-order chi connectivity index (χ1) is 13.9. The van der Waals surface area contributed by atoms with Crippen molar-refractivity contribution < 1.29 is 8.42 Å². The third-order valence-corrected chi connectivity index (χ3v) is 7.82. The number of guanidine groups is 2. The van der Waals surface area contributed by atoms with Crippen LogP contribution in [0.4, 0.5) is 5.69 Å². The molecule has 29 heavy (non-hydrogen) atoms. The summed E-state index contributed by atoms with van der Waals surface area (Å²) in [7, 11) is -3.75. The molecule has 0 saturated heterocycles. The zero-order valence-corrected chi connectivity index (χ0v) is 17.7. The van der Waals surface area contributed by atoms with E-state index < -0.39 is 10.0 Å². The first-order valence-corrected chi connectivity index (χ1v) is 11.9. The lowest BCUT2D eigenvalue weighted by molar-refractivity contribution is 0.170. The van der Waals surface area contributed by atoms with Gasteiger partial charge in [0.15, 0.2) is 5.96 Å². The Labute approximate surface area is 173 Å². The fourth-order valence-corrected chi connectivity index (χ4v) is 6.59. The van der Waals surface area contributed by atoms with Gasteiger partial charge in [0.2, 0.25) is 16.0 Å². The van der Waals surface area contributed by atoms with E-state index in [9.17, 15) is 8.42 Å². The number of sulfonamides is 1. The lowest BCUT2D eigenvalue weighted by Gasteiger charge is -2.40. The largest absolute Gasteiger partial charge is 0.370 e. The zero-order chi connectivity index (χ0) is 20.9. The summed E-state index contributed by atoms with van der Waals surface area (Å²) in [6.45, 7) is 0. The number of para-hydroxylation sites is 1. The lowest BCUT2D eigenvalue weighted by Crippen LogP contribution is -2.48. The third-order valence-electron chi connectivity index (χ3n) is 5.77. The molecule has 9 heteroatoms. The summed E-state index contributed by atoms with van der Waals surface area (Å²) in [6.07, 6.45) is 10.3. The first kappa shape index (κ1) is 21.6. The number of nitrogens with two attached hydrogens (primary N) is 3. The molecule has 160 valence electrons. The molecule has 0 atom stereocenters. The predicted octanol–water partition coefficient (Wildman–Crippen LogP) is 2.56. The normalized spacial score (nSPS) is 20.0. The highest BCUT2D eigenvalue weighted by molar-refractivity contribution is 7.89. The van der Waals surface area contributed by atoms with Gasteiger partial charge in [-0.2, -0.15) is 9.30 Å². The van der Waals surface area contributed by atoms with Gasteiger partial charge in [0.25, 0.3) is 0 Å². The Kier molecular flexibility index (Phi) is 7.13. The summed E-state index contributed by atoms with van der Waals surface area (Å²) in [6, 6.07) is 6.75. The molecule has 0 amide bonds. The van der Waals surface area contributed by atoms with Crippen molar-refractivity contribution in [1.82, 2.24) is 4.31 Å². The molecule has 2 aliphatic rings. The van der Waals surface area contributed by atoms with Gasteiger partial charge in [-0.3, -0.25) is 0 Å². The van der Waals surface area contributed by atoms with E-state index in [-0.39, 0.29) is 34.6 Å². The molecular formula is C20H32N6O2S. The van der Waals surface area contributed by atoms with Gasteiger partial charge in [-0.05, 0) is 37.8 Å². The molecule has 1 aromatic rings. The van der Waals surface area contributed by atoms with Gasteiger partial charge in [0.05, 0.1) is 5.69 Å². The number of benzene rings is 1. The second kappa shape index (κ2) is 9.58. The summed E-state index contributed by atoms with van der Waals surface area (Å²) in [4.78, 5) is 8.05. The topological polar surface area (TPSA) is 140 Å². The van der Waals surface area contributed by atoms with Gasteiger partial charge >= 0.3 is 0 Å². The van der Waals surface area contributed by atoms with Crippen molar-refractivity contribution in [2.75, 3.05) is 0 Å². The minimum Gasteiger partial charge on any atom is -0.370 e. The van der Waals surface area contributed by atoms with E-state index >= 15 is 0 Å². The molecule has 2 fully saturated rings. The van der Waals surface area contributed by atoms with Crippen molar-refractivity contribution >= 4 is 27.6 Å². The number of nitrogens with zero attached hydrogens (tertiary/aromatic N) is 3. The highest BCUT2D eigenvalue weighted by atomic mass is 32.2. The maximum absolute atomic E-state index is 13.9. The van der Waals surface area contributed by atoms with Crippen molar-refractivity contribution in [1.29, 1.82) is 0 Å². The van der Waals surface area contributed by atoms with E-state index in [1.54, 1.807) is 28.6 Å². The SMILES string of the molecule is NC(N)=NC(N)=Nc1ccccc1S(=O)(=O)N(C1CCCCC1)C1CCCCC1. The molecule has 8 nitrogen and oxygen atoms in total. The number of aliphatic imine (C=N–C) groups is 2. The van der Waals surface area contributed by atoms with Crippen LogP contribution in [0.3, 0.4) is 0 Å². The molecule has 0 radical (unpaired) electrons. The Bertz CT molecular complexity index is 833. The average Bonchev–Trinajstić information content (AvgIpc) is 2.69. The van der Waals surface area contributed by atoms with Gasteiger partial charge in [0.1, 0.15) is 4.90 Å². The number of hydrogen-bond donors (Lipinski definition) is 3. The van der Waals surface area contributed by atoms with Crippen LogP contribution in [0.15, 0.2) is 39.1 Å². The van der Waals surface area contributed by atoms with Crippen LogP contribution in [0.5, 0.6) is 0 Å². The van der Waals surface area contributed by atoms with Crippen LogP contribution in [0, 0.1) is 0 Å². The zero-order valence-electron chi connectivity index (χ0n) is 16.8. The van der Waals surface area contributed by atoms with Crippen LogP contribution in [-0.2, 0) is 10.0 Å².